The molecule has 2 aliphatic heterocycles. The van der Waals surface area contributed by atoms with Crippen LogP contribution in [0.1, 0.15) is 37.0 Å². The summed E-state index contributed by atoms with van der Waals surface area (Å²) < 4.78 is 6.86. The molecule has 0 fully saturated rings. The van der Waals surface area contributed by atoms with Gasteiger partial charge in [-0.3, -0.25) is 4.99 Å². The van der Waals surface area contributed by atoms with Gasteiger partial charge in [0.05, 0.1) is 11.6 Å². The summed E-state index contributed by atoms with van der Waals surface area (Å²) in [5.74, 6) is 0.856. The molecule has 28 heavy (non-hydrogen) atoms. The third-order valence-electron chi connectivity index (χ3n) is 7.12. The molecule has 0 N–H and O–H groups in total. The van der Waals surface area contributed by atoms with Crippen molar-refractivity contribution in [2.24, 2.45) is 4.99 Å². The largest absolute Gasteiger partial charge is 0.459 e. The molecule has 1 spiro atoms. The van der Waals surface area contributed by atoms with Crippen LogP contribution in [-0.2, 0) is 5.41 Å². The summed E-state index contributed by atoms with van der Waals surface area (Å²) in [6, 6.07) is 17.0. The molecule has 3 heteroatoms. The lowest BCUT2D eigenvalue weighted by atomic mass is 9.71. The highest BCUT2D eigenvalue weighted by molar-refractivity contribution is 5.99. The van der Waals surface area contributed by atoms with Crippen LogP contribution >= 0.6 is 0 Å². The van der Waals surface area contributed by atoms with Crippen molar-refractivity contribution in [2.45, 2.75) is 45.3 Å². The zero-order valence-corrected chi connectivity index (χ0v) is 17.2. The molecule has 0 saturated heterocycles. The summed E-state index contributed by atoms with van der Waals surface area (Å²) in [4.78, 5) is 7.27. The van der Waals surface area contributed by atoms with Gasteiger partial charge in [-0.15, -0.1) is 0 Å². The van der Waals surface area contributed by atoms with Gasteiger partial charge in [-0.1, -0.05) is 43.3 Å². The van der Waals surface area contributed by atoms with E-state index in [0.29, 0.717) is 0 Å². The molecule has 3 nitrogen and oxygen atoms in total. The van der Waals surface area contributed by atoms with Gasteiger partial charge in [-0.2, -0.15) is 0 Å². The van der Waals surface area contributed by atoms with Crippen molar-refractivity contribution in [1.82, 2.24) is 0 Å². The molecule has 3 aromatic carbocycles. The Morgan fingerprint density at radius 2 is 1.82 bits per heavy atom. The van der Waals surface area contributed by atoms with Gasteiger partial charge >= 0.3 is 0 Å². The third kappa shape index (κ3) is 1.92. The van der Waals surface area contributed by atoms with E-state index < -0.39 is 5.72 Å². The number of anilines is 1. The second kappa shape index (κ2) is 5.60. The zero-order valence-electron chi connectivity index (χ0n) is 17.2. The maximum absolute atomic E-state index is 6.86. The van der Waals surface area contributed by atoms with Crippen LogP contribution in [0.15, 0.2) is 53.5 Å². The van der Waals surface area contributed by atoms with Crippen molar-refractivity contribution in [3.05, 3.63) is 65.2 Å². The molecule has 0 bridgehead atoms. The highest BCUT2D eigenvalue weighted by Crippen LogP contribution is 2.56. The maximum atomic E-state index is 6.86. The van der Waals surface area contributed by atoms with Crippen molar-refractivity contribution < 1.29 is 4.74 Å². The molecule has 0 amide bonds. The summed E-state index contributed by atoms with van der Waals surface area (Å²) in [7, 11) is 2.13. The first-order chi connectivity index (χ1) is 13.4. The number of nitrogens with zero attached hydrogens (tertiary/aromatic N) is 2. The van der Waals surface area contributed by atoms with E-state index in [1.54, 1.807) is 0 Å². The molecule has 2 aliphatic rings. The normalized spacial score (nSPS) is 25.1. The molecule has 3 aromatic rings. The minimum Gasteiger partial charge on any atom is -0.459 e. The van der Waals surface area contributed by atoms with E-state index in [1.807, 2.05) is 6.21 Å². The highest BCUT2D eigenvalue weighted by atomic mass is 16.5. The van der Waals surface area contributed by atoms with Gasteiger partial charge in [0.1, 0.15) is 11.4 Å². The fraction of sp³-hybridized carbons (Fsp3) is 0.320. The van der Waals surface area contributed by atoms with Gasteiger partial charge in [0.25, 0.3) is 0 Å². The van der Waals surface area contributed by atoms with Crippen molar-refractivity contribution in [3.63, 3.8) is 0 Å². The van der Waals surface area contributed by atoms with Crippen LogP contribution in [-0.4, -0.2) is 19.0 Å². The van der Waals surface area contributed by atoms with E-state index in [2.05, 4.69) is 88.2 Å². The molecule has 0 radical (unpaired) electrons. The number of likely N-dealkylation sites (N-methyl/N-ethyl adjacent to an activating group) is 1. The SMILES string of the molecule is CCC1(C)c2c(ccc(C)c2C)N(C)C12C=Nc1c(ccc3ccccc13)O2. The van der Waals surface area contributed by atoms with Crippen LogP contribution in [0.3, 0.4) is 0 Å². The van der Waals surface area contributed by atoms with Crippen molar-refractivity contribution in [1.29, 1.82) is 0 Å². The van der Waals surface area contributed by atoms with Crippen molar-refractivity contribution >= 4 is 28.4 Å². The van der Waals surface area contributed by atoms with E-state index in [9.17, 15) is 0 Å². The van der Waals surface area contributed by atoms with Crippen LogP contribution in [0.2, 0.25) is 0 Å². The summed E-state index contributed by atoms with van der Waals surface area (Å²) in [6.45, 7) is 8.99. The Labute approximate surface area is 166 Å². The van der Waals surface area contributed by atoms with Crippen LogP contribution in [0.5, 0.6) is 5.75 Å². The number of benzene rings is 3. The molecule has 2 unspecified atom stereocenters. The molecule has 0 aromatic heterocycles. The van der Waals surface area contributed by atoms with Gasteiger partial charge in [0.2, 0.25) is 5.72 Å². The number of aryl methyl sites for hydroxylation is 1. The van der Waals surface area contributed by atoms with Crippen molar-refractivity contribution in [2.75, 3.05) is 11.9 Å². The van der Waals surface area contributed by atoms with Gasteiger partial charge in [-0.25, -0.2) is 0 Å². The Kier molecular flexibility index (Phi) is 3.46. The van der Waals surface area contributed by atoms with Crippen LogP contribution in [0.4, 0.5) is 11.4 Å². The highest BCUT2D eigenvalue weighted by Gasteiger charge is 2.60. The smallest absolute Gasteiger partial charge is 0.228 e. The molecule has 2 atom stereocenters. The predicted molar refractivity (Wildman–Crippen MR) is 117 cm³/mol. The number of ether oxygens (including phenoxy) is 1. The van der Waals surface area contributed by atoms with Crippen molar-refractivity contribution in [3.8, 4) is 5.75 Å². The molecular weight excluding hydrogens is 344 g/mol. The first-order valence-corrected chi connectivity index (χ1v) is 10.0. The standard InChI is InChI=1S/C25H26N2O/c1-6-24(4)22-17(3)16(2)11-13-20(22)27(5)25(24)15-26-23-19-10-8-7-9-18(19)12-14-21(23)28-25/h7-15H,6H2,1-5H3. The predicted octanol–water partition coefficient (Wildman–Crippen LogP) is 6.07. The summed E-state index contributed by atoms with van der Waals surface area (Å²) in [5, 5.41) is 2.32. The molecule has 0 aliphatic carbocycles. The lowest BCUT2D eigenvalue weighted by Crippen LogP contribution is -2.62. The Morgan fingerprint density at radius 3 is 2.61 bits per heavy atom. The second-order valence-corrected chi connectivity index (χ2v) is 8.34. The number of fused-ring (bicyclic) bond motifs is 4. The lowest BCUT2D eigenvalue weighted by molar-refractivity contribution is 0.0703. The summed E-state index contributed by atoms with van der Waals surface area (Å²) in [6.07, 6.45) is 3.00. The lowest BCUT2D eigenvalue weighted by Gasteiger charge is -2.46. The van der Waals surface area contributed by atoms with Crippen LogP contribution in [0, 0.1) is 13.8 Å². The van der Waals surface area contributed by atoms with Gasteiger partial charge in [-0.05, 0) is 61.4 Å². The quantitative estimate of drug-likeness (QED) is 0.520. The fourth-order valence-corrected chi connectivity index (χ4v) is 5.14. The van der Waals surface area contributed by atoms with E-state index in [1.165, 1.54) is 27.8 Å². The molecule has 5 rings (SSSR count). The summed E-state index contributed by atoms with van der Waals surface area (Å²) in [5.41, 5.74) is 5.41. The number of hydrogen-bond donors (Lipinski definition) is 0. The van der Waals surface area contributed by atoms with Crippen LogP contribution < -0.4 is 9.64 Å². The Hall–Kier alpha value is -2.81. The van der Waals surface area contributed by atoms with E-state index in [4.69, 9.17) is 9.73 Å². The topological polar surface area (TPSA) is 24.8 Å². The van der Waals surface area contributed by atoms with Crippen LogP contribution in [0.25, 0.3) is 10.8 Å². The molecule has 0 saturated carbocycles. The Bertz CT molecular complexity index is 1150. The first-order valence-electron chi connectivity index (χ1n) is 10.0. The zero-order chi connectivity index (χ0) is 19.7. The second-order valence-electron chi connectivity index (χ2n) is 8.34. The average molecular weight is 370 g/mol. The minimum atomic E-state index is -0.627. The number of aliphatic imine (C=N–C) groups is 1. The third-order valence-corrected chi connectivity index (χ3v) is 7.12. The summed E-state index contributed by atoms with van der Waals surface area (Å²) >= 11 is 0. The Balaban J connectivity index is 1.75. The van der Waals surface area contributed by atoms with Gasteiger partial charge in [0.15, 0.2) is 0 Å². The monoisotopic (exact) mass is 370 g/mol. The van der Waals surface area contributed by atoms with E-state index >= 15 is 0 Å². The molecular formula is C25H26N2O. The first kappa shape index (κ1) is 17.3. The number of hydrogen-bond acceptors (Lipinski definition) is 3. The van der Waals surface area contributed by atoms with E-state index in [0.717, 1.165) is 23.2 Å². The average Bonchev–Trinajstić information content (AvgIpc) is 2.90. The number of rotatable bonds is 1. The van der Waals surface area contributed by atoms with Gasteiger partial charge in [0, 0.05) is 18.1 Å². The Morgan fingerprint density at radius 1 is 1.04 bits per heavy atom. The van der Waals surface area contributed by atoms with E-state index in [-0.39, 0.29) is 5.41 Å². The molecule has 142 valence electrons. The van der Waals surface area contributed by atoms with Gasteiger partial charge < -0.3 is 9.64 Å². The fourth-order valence-electron chi connectivity index (χ4n) is 5.14. The maximum Gasteiger partial charge on any atom is 0.228 e. The molecule has 2 heterocycles. The minimum absolute atomic E-state index is 0.194.